The van der Waals surface area contributed by atoms with E-state index in [4.69, 9.17) is 4.74 Å². The number of hydrogen-bond acceptors (Lipinski definition) is 1. The third kappa shape index (κ3) is 2.20. The molecule has 0 aromatic rings. The smallest absolute Gasteiger partial charge is 0.0922 e. The molecule has 0 amide bonds. The molecule has 0 aromatic carbocycles. The first kappa shape index (κ1) is 11.4. The Morgan fingerprint density at radius 1 is 1.29 bits per heavy atom. The molecule has 1 aliphatic carbocycles. The summed E-state index contributed by atoms with van der Waals surface area (Å²) in [5, 5.41) is 0. The van der Waals surface area contributed by atoms with Gasteiger partial charge in [0, 0.05) is 0 Å². The second kappa shape index (κ2) is 3.80. The average molecular weight is 194 g/mol. The van der Waals surface area contributed by atoms with E-state index in [1.54, 1.807) is 0 Å². The summed E-state index contributed by atoms with van der Waals surface area (Å²) in [6.45, 7) is 13.1. The predicted molar refractivity (Wildman–Crippen MR) is 61.1 cm³/mol. The fourth-order valence-corrected chi connectivity index (χ4v) is 1.84. The predicted octanol–water partition coefficient (Wildman–Crippen LogP) is 4.06. The highest BCUT2D eigenvalue weighted by Gasteiger charge is 2.31. The van der Waals surface area contributed by atoms with Gasteiger partial charge < -0.3 is 4.74 Å². The van der Waals surface area contributed by atoms with Crippen LogP contribution in [-0.4, -0.2) is 6.10 Å². The zero-order valence-electron chi connectivity index (χ0n) is 10.3. The van der Waals surface area contributed by atoms with E-state index in [1.165, 1.54) is 16.7 Å². The molecular formula is C13H22O. The van der Waals surface area contributed by atoms with Crippen LogP contribution < -0.4 is 0 Å². The standard InChI is InChI=1S/C13H22O/c1-9(2)14-8-12-7-13(5,6)11(4)10(12)3/h8-9H,7H2,1-6H3. The average Bonchev–Trinajstić information content (AvgIpc) is 2.26. The number of hydrogen-bond donors (Lipinski definition) is 0. The second-order valence-electron chi connectivity index (χ2n) is 5.14. The Morgan fingerprint density at radius 3 is 2.21 bits per heavy atom. The minimum atomic E-state index is 0.277. The van der Waals surface area contributed by atoms with Crippen LogP contribution in [0.25, 0.3) is 0 Å². The Hall–Kier alpha value is -0.720. The summed E-state index contributed by atoms with van der Waals surface area (Å²) in [5.74, 6) is 0. The monoisotopic (exact) mass is 194 g/mol. The molecule has 0 N–H and O–H groups in total. The molecule has 1 aliphatic rings. The van der Waals surface area contributed by atoms with Crippen molar-refractivity contribution < 1.29 is 4.74 Å². The Morgan fingerprint density at radius 2 is 1.86 bits per heavy atom. The van der Waals surface area contributed by atoms with E-state index in [0.29, 0.717) is 5.41 Å². The highest BCUT2D eigenvalue weighted by atomic mass is 16.5. The van der Waals surface area contributed by atoms with Crippen molar-refractivity contribution >= 4 is 0 Å². The summed E-state index contributed by atoms with van der Waals surface area (Å²) in [7, 11) is 0. The first-order valence-electron chi connectivity index (χ1n) is 5.37. The minimum Gasteiger partial charge on any atom is -0.498 e. The van der Waals surface area contributed by atoms with Gasteiger partial charge in [0.2, 0.25) is 0 Å². The molecule has 0 fully saturated rings. The van der Waals surface area contributed by atoms with E-state index in [1.807, 2.05) is 6.26 Å². The van der Waals surface area contributed by atoms with E-state index < -0.39 is 0 Å². The lowest BCUT2D eigenvalue weighted by Crippen LogP contribution is -2.07. The molecule has 0 aliphatic heterocycles. The van der Waals surface area contributed by atoms with Crippen molar-refractivity contribution in [2.45, 2.75) is 54.1 Å². The van der Waals surface area contributed by atoms with Gasteiger partial charge >= 0.3 is 0 Å². The largest absolute Gasteiger partial charge is 0.498 e. The van der Waals surface area contributed by atoms with Crippen molar-refractivity contribution in [3.05, 3.63) is 23.0 Å². The maximum absolute atomic E-state index is 5.54. The van der Waals surface area contributed by atoms with Crippen molar-refractivity contribution in [1.82, 2.24) is 0 Å². The van der Waals surface area contributed by atoms with Gasteiger partial charge in [-0.15, -0.1) is 0 Å². The van der Waals surface area contributed by atoms with Gasteiger partial charge in [-0.25, -0.2) is 0 Å². The highest BCUT2D eigenvalue weighted by Crippen LogP contribution is 2.44. The number of allylic oxidation sites excluding steroid dienone is 3. The van der Waals surface area contributed by atoms with Crippen molar-refractivity contribution in [3.63, 3.8) is 0 Å². The first-order valence-corrected chi connectivity index (χ1v) is 5.37. The number of ether oxygens (including phenoxy) is 1. The summed E-state index contributed by atoms with van der Waals surface area (Å²) in [5.41, 5.74) is 4.59. The van der Waals surface area contributed by atoms with Crippen LogP contribution in [0, 0.1) is 5.41 Å². The maximum Gasteiger partial charge on any atom is 0.0922 e. The molecule has 0 heterocycles. The zero-order chi connectivity index (χ0) is 10.9. The molecule has 0 bridgehead atoms. The zero-order valence-corrected chi connectivity index (χ0v) is 10.3. The van der Waals surface area contributed by atoms with Gasteiger partial charge in [-0.05, 0) is 50.7 Å². The fourth-order valence-electron chi connectivity index (χ4n) is 1.84. The van der Waals surface area contributed by atoms with Crippen LogP contribution in [0.1, 0.15) is 48.0 Å². The van der Waals surface area contributed by atoms with Gasteiger partial charge in [0.25, 0.3) is 0 Å². The van der Waals surface area contributed by atoms with Gasteiger partial charge in [-0.3, -0.25) is 0 Å². The van der Waals surface area contributed by atoms with Crippen LogP contribution in [0.4, 0.5) is 0 Å². The molecule has 1 nitrogen and oxygen atoms in total. The normalized spacial score (nSPS) is 23.8. The highest BCUT2D eigenvalue weighted by molar-refractivity contribution is 5.42. The first-order chi connectivity index (χ1) is 6.34. The summed E-state index contributed by atoms with van der Waals surface area (Å²) >= 11 is 0. The molecular weight excluding hydrogens is 172 g/mol. The third-order valence-corrected chi connectivity index (χ3v) is 3.17. The van der Waals surface area contributed by atoms with Crippen LogP contribution in [0.2, 0.25) is 0 Å². The summed E-state index contributed by atoms with van der Waals surface area (Å²) < 4.78 is 5.54. The minimum absolute atomic E-state index is 0.277. The molecule has 80 valence electrons. The van der Waals surface area contributed by atoms with E-state index in [0.717, 1.165) is 6.42 Å². The fraction of sp³-hybridized carbons (Fsp3) is 0.692. The Bertz CT molecular complexity index is 280. The molecule has 1 rings (SSSR count). The molecule has 0 saturated heterocycles. The molecule has 0 radical (unpaired) electrons. The SMILES string of the molecule is CC1=C(C)C(C)(C)CC1=COC(C)C. The van der Waals surface area contributed by atoms with Crippen LogP contribution >= 0.6 is 0 Å². The lowest BCUT2D eigenvalue weighted by Gasteiger charge is -2.18. The van der Waals surface area contributed by atoms with E-state index >= 15 is 0 Å². The summed E-state index contributed by atoms with van der Waals surface area (Å²) in [6, 6.07) is 0. The molecule has 1 heteroatoms. The van der Waals surface area contributed by atoms with Crippen LogP contribution in [0.5, 0.6) is 0 Å². The maximum atomic E-state index is 5.54. The lowest BCUT2D eigenvalue weighted by molar-refractivity contribution is 0.176. The number of rotatable bonds is 2. The lowest BCUT2D eigenvalue weighted by atomic mass is 9.86. The summed E-state index contributed by atoms with van der Waals surface area (Å²) in [4.78, 5) is 0. The molecule has 0 spiro atoms. The van der Waals surface area contributed by atoms with Gasteiger partial charge in [0.05, 0.1) is 12.4 Å². The molecule has 0 atom stereocenters. The topological polar surface area (TPSA) is 9.23 Å². The molecule has 0 saturated carbocycles. The van der Waals surface area contributed by atoms with Crippen molar-refractivity contribution in [1.29, 1.82) is 0 Å². The second-order valence-corrected chi connectivity index (χ2v) is 5.14. The molecule has 0 unspecified atom stereocenters. The van der Waals surface area contributed by atoms with E-state index in [2.05, 4.69) is 41.5 Å². The summed E-state index contributed by atoms with van der Waals surface area (Å²) in [6.07, 6.45) is 3.33. The molecule has 0 aromatic heterocycles. The van der Waals surface area contributed by atoms with Crippen molar-refractivity contribution in [3.8, 4) is 0 Å². The van der Waals surface area contributed by atoms with Gasteiger partial charge in [-0.2, -0.15) is 0 Å². The van der Waals surface area contributed by atoms with Crippen LogP contribution in [0.3, 0.4) is 0 Å². The van der Waals surface area contributed by atoms with Crippen LogP contribution in [0.15, 0.2) is 23.0 Å². The Labute approximate surface area is 87.8 Å². The quantitative estimate of drug-likeness (QED) is 0.602. The van der Waals surface area contributed by atoms with E-state index in [9.17, 15) is 0 Å². The molecule has 14 heavy (non-hydrogen) atoms. The Kier molecular flexibility index (Phi) is 3.08. The van der Waals surface area contributed by atoms with Gasteiger partial charge in [0.1, 0.15) is 0 Å². The van der Waals surface area contributed by atoms with Crippen LogP contribution in [-0.2, 0) is 4.74 Å². The van der Waals surface area contributed by atoms with Crippen molar-refractivity contribution in [2.24, 2.45) is 5.41 Å². The van der Waals surface area contributed by atoms with E-state index in [-0.39, 0.29) is 6.10 Å². The Balaban J connectivity index is 2.83. The third-order valence-electron chi connectivity index (χ3n) is 3.17. The van der Waals surface area contributed by atoms with Gasteiger partial charge in [0.15, 0.2) is 0 Å². The van der Waals surface area contributed by atoms with Crippen molar-refractivity contribution in [2.75, 3.05) is 0 Å². The van der Waals surface area contributed by atoms with Gasteiger partial charge in [-0.1, -0.05) is 19.4 Å².